The van der Waals surface area contributed by atoms with Crippen LogP contribution in [-0.4, -0.2) is 15.5 Å². The number of nitrogens with one attached hydrogen (secondary N) is 1. The fraction of sp³-hybridized carbons (Fsp3) is 0.368. The molecule has 1 atom stereocenters. The van der Waals surface area contributed by atoms with E-state index in [1.165, 1.54) is 0 Å². The summed E-state index contributed by atoms with van der Waals surface area (Å²) in [5.41, 5.74) is 1.97. The molecule has 24 heavy (non-hydrogen) atoms. The van der Waals surface area contributed by atoms with Crippen LogP contribution in [0.2, 0.25) is 0 Å². The van der Waals surface area contributed by atoms with Gasteiger partial charge in [-0.15, -0.1) is 0 Å². The van der Waals surface area contributed by atoms with E-state index in [4.69, 9.17) is 4.74 Å². The summed E-state index contributed by atoms with van der Waals surface area (Å²) in [4.78, 5) is 0.274. The van der Waals surface area contributed by atoms with Gasteiger partial charge in [0.25, 0.3) is 0 Å². The van der Waals surface area contributed by atoms with E-state index in [0.717, 1.165) is 16.9 Å². The smallest absolute Gasteiger partial charge is 0.241 e. The number of hydrogen-bond donors (Lipinski definition) is 1. The van der Waals surface area contributed by atoms with Gasteiger partial charge in [0.15, 0.2) is 0 Å². The molecule has 0 saturated heterocycles. The Morgan fingerprint density at radius 3 is 1.96 bits per heavy atom. The Balaban J connectivity index is 2.17. The molecule has 2 rings (SSSR count). The minimum absolute atomic E-state index is 0.00783. The van der Waals surface area contributed by atoms with Crippen LogP contribution in [0.3, 0.4) is 0 Å². The normalized spacial score (nSPS) is 13.5. The third kappa shape index (κ3) is 4.36. The van der Waals surface area contributed by atoms with Gasteiger partial charge in [-0.25, -0.2) is 13.1 Å². The maximum Gasteiger partial charge on any atom is 0.241 e. The Morgan fingerprint density at radius 2 is 1.50 bits per heavy atom. The summed E-state index contributed by atoms with van der Waals surface area (Å²) >= 11 is 0. The van der Waals surface area contributed by atoms with E-state index in [0.29, 0.717) is 0 Å². The van der Waals surface area contributed by atoms with Gasteiger partial charge in [0.05, 0.1) is 12.0 Å². The molecule has 4 nitrogen and oxygen atoms in total. The maximum atomic E-state index is 12.6. The highest BCUT2D eigenvalue weighted by Crippen LogP contribution is 2.24. The Labute approximate surface area is 144 Å². The number of hydrogen-bond acceptors (Lipinski definition) is 3. The Hall–Kier alpha value is -1.85. The van der Waals surface area contributed by atoms with Crippen molar-refractivity contribution in [1.29, 1.82) is 0 Å². The lowest BCUT2D eigenvalue weighted by Gasteiger charge is -2.20. The Morgan fingerprint density at radius 1 is 0.958 bits per heavy atom. The molecule has 0 aliphatic carbocycles. The molecule has 0 heterocycles. The summed E-state index contributed by atoms with van der Waals surface area (Å²) in [7, 11) is -1.97. The van der Waals surface area contributed by atoms with Crippen LogP contribution in [0, 0.1) is 0 Å². The minimum atomic E-state index is -3.57. The fourth-order valence-electron chi connectivity index (χ4n) is 2.40. The third-order valence-corrected chi connectivity index (χ3v) is 5.53. The monoisotopic (exact) mass is 347 g/mol. The first-order valence-electron chi connectivity index (χ1n) is 7.90. The predicted octanol–water partition coefficient (Wildman–Crippen LogP) is 4.03. The fourth-order valence-corrected chi connectivity index (χ4v) is 3.63. The topological polar surface area (TPSA) is 55.4 Å². The summed E-state index contributed by atoms with van der Waals surface area (Å²) < 4.78 is 33.0. The van der Waals surface area contributed by atoms with E-state index < -0.39 is 10.0 Å². The summed E-state index contributed by atoms with van der Waals surface area (Å²) in [6.07, 6.45) is 0. The molecule has 2 aromatic carbocycles. The number of rotatable bonds is 5. The van der Waals surface area contributed by atoms with Gasteiger partial charge in [-0.1, -0.05) is 45.0 Å². The van der Waals surface area contributed by atoms with Crippen molar-refractivity contribution < 1.29 is 13.2 Å². The predicted molar refractivity (Wildman–Crippen MR) is 96.9 cm³/mol. The van der Waals surface area contributed by atoms with Crippen LogP contribution in [0.4, 0.5) is 0 Å². The van der Waals surface area contributed by atoms with Crippen LogP contribution in [0.25, 0.3) is 0 Å². The van der Waals surface area contributed by atoms with Gasteiger partial charge in [0.2, 0.25) is 10.0 Å². The Bertz CT molecular complexity index is 773. The maximum absolute atomic E-state index is 12.6. The summed E-state index contributed by atoms with van der Waals surface area (Å²) in [5.74, 6) is 0.742. The molecule has 5 heteroatoms. The average molecular weight is 347 g/mol. The summed E-state index contributed by atoms with van der Waals surface area (Å²) in [6, 6.07) is 14.1. The molecule has 0 bridgehead atoms. The van der Waals surface area contributed by atoms with E-state index in [1.807, 2.05) is 43.3 Å². The van der Waals surface area contributed by atoms with Crippen LogP contribution in [-0.2, 0) is 15.4 Å². The van der Waals surface area contributed by atoms with Crippen molar-refractivity contribution in [3.05, 3.63) is 59.7 Å². The van der Waals surface area contributed by atoms with Crippen molar-refractivity contribution in [3.8, 4) is 5.75 Å². The van der Waals surface area contributed by atoms with Crippen molar-refractivity contribution in [1.82, 2.24) is 4.72 Å². The average Bonchev–Trinajstić information content (AvgIpc) is 2.54. The van der Waals surface area contributed by atoms with Gasteiger partial charge in [-0.2, -0.15) is 0 Å². The van der Waals surface area contributed by atoms with Crippen molar-refractivity contribution in [2.24, 2.45) is 0 Å². The minimum Gasteiger partial charge on any atom is -0.497 e. The second-order valence-electron chi connectivity index (χ2n) is 6.89. The molecule has 0 aromatic heterocycles. The van der Waals surface area contributed by atoms with Crippen LogP contribution in [0.1, 0.15) is 44.9 Å². The second-order valence-corrected chi connectivity index (χ2v) is 8.60. The van der Waals surface area contributed by atoms with E-state index in [1.54, 1.807) is 19.2 Å². The van der Waals surface area contributed by atoms with Gasteiger partial charge >= 0.3 is 0 Å². The second kappa shape index (κ2) is 6.95. The Kier molecular flexibility index (Phi) is 5.35. The van der Waals surface area contributed by atoms with Crippen molar-refractivity contribution in [3.63, 3.8) is 0 Å². The number of sulfonamides is 1. The zero-order valence-corrected chi connectivity index (χ0v) is 15.6. The first kappa shape index (κ1) is 18.5. The van der Waals surface area contributed by atoms with Crippen molar-refractivity contribution in [2.45, 2.75) is 44.0 Å². The quantitative estimate of drug-likeness (QED) is 0.888. The molecule has 0 spiro atoms. The zero-order chi connectivity index (χ0) is 18.0. The standard InChI is InChI=1S/C19H25NO3S/c1-14(15-6-10-17(23-5)11-7-15)20-24(21,22)18-12-8-16(9-13-18)19(2,3)4/h6-14,20H,1-5H3. The highest BCUT2D eigenvalue weighted by atomic mass is 32.2. The van der Waals surface area contributed by atoms with Gasteiger partial charge in [0, 0.05) is 6.04 Å². The van der Waals surface area contributed by atoms with Crippen LogP contribution < -0.4 is 9.46 Å². The first-order chi connectivity index (χ1) is 11.1. The lowest BCUT2D eigenvalue weighted by molar-refractivity contribution is 0.414. The SMILES string of the molecule is COc1ccc(C(C)NS(=O)(=O)c2ccc(C(C)(C)C)cc2)cc1. The van der Waals surface area contributed by atoms with Crippen LogP contribution in [0.15, 0.2) is 53.4 Å². The summed E-state index contributed by atoms with van der Waals surface area (Å²) in [5, 5.41) is 0. The summed E-state index contributed by atoms with van der Waals surface area (Å²) in [6.45, 7) is 8.12. The molecule has 0 aliphatic rings. The van der Waals surface area contributed by atoms with E-state index >= 15 is 0 Å². The molecule has 1 unspecified atom stereocenters. The van der Waals surface area contributed by atoms with Gasteiger partial charge in [-0.3, -0.25) is 0 Å². The molecule has 2 aromatic rings. The molecule has 130 valence electrons. The van der Waals surface area contributed by atoms with Crippen LogP contribution >= 0.6 is 0 Å². The largest absolute Gasteiger partial charge is 0.497 e. The first-order valence-corrected chi connectivity index (χ1v) is 9.38. The van der Waals surface area contributed by atoms with Crippen molar-refractivity contribution >= 4 is 10.0 Å². The molecule has 1 N–H and O–H groups in total. The zero-order valence-electron chi connectivity index (χ0n) is 14.8. The van der Waals surface area contributed by atoms with E-state index in [9.17, 15) is 8.42 Å². The molecule has 0 radical (unpaired) electrons. The lowest BCUT2D eigenvalue weighted by Crippen LogP contribution is -2.27. The van der Waals surface area contributed by atoms with Gasteiger partial charge in [-0.05, 0) is 47.7 Å². The highest BCUT2D eigenvalue weighted by Gasteiger charge is 2.20. The number of methoxy groups -OCH3 is 1. The van der Waals surface area contributed by atoms with Crippen molar-refractivity contribution in [2.75, 3.05) is 7.11 Å². The number of benzene rings is 2. The molecule has 0 fully saturated rings. The van der Waals surface area contributed by atoms with E-state index in [-0.39, 0.29) is 16.4 Å². The van der Waals surface area contributed by atoms with Gasteiger partial charge in [0.1, 0.15) is 5.75 Å². The lowest BCUT2D eigenvalue weighted by atomic mass is 9.87. The molecule has 0 amide bonds. The molecular weight excluding hydrogens is 322 g/mol. The number of ether oxygens (including phenoxy) is 1. The third-order valence-electron chi connectivity index (χ3n) is 3.98. The van der Waals surface area contributed by atoms with Crippen LogP contribution in [0.5, 0.6) is 5.75 Å². The molecular formula is C19H25NO3S. The highest BCUT2D eigenvalue weighted by molar-refractivity contribution is 7.89. The molecule has 0 saturated carbocycles. The van der Waals surface area contributed by atoms with E-state index in [2.05, 4.69) is 25.5 Å². The molecule has 0 aliphatic heterocycles. The van der Waals surface area contributed by atoms with Gasteiger partial charge < -0.3 is 4.74 Å².